The van der Waals surface area contributed by atoms with E-state index < -0.39 is 10.0 Å². The Morgan fingerprint density at radius 3 is 2.45 bits per heavy atom. The molecule has 5 nitrogen and oxygen atoms in total. The van der Waals surface area contributed by atoms with Crippen molar-refractivity contribution in [3.05, 3.63) is 60.5 Å². The summed E-state index contributed by atoms with van der Waals surface area (Å²) >= 11 is 0. The van der Waals surface area contributed by atoms with Crippen molar-refractivity contribution in [3.63, 3.8) is 0 Å². The predicted octanol–water partition coefficient (Wildman–Crippen LogP) is 4.16. The van der Waals surface area contributed by atoms with Gasteiger partial charge < -0.3 is 10.2 Å². The van der Waals surface area contributed by atoms with Gasteiger partial charge in [-0.1, -0.05) is 0 Å². The Morgan fingerprint density at radius 1 is 1.07 bits per heavy atom. The Hall–Kier alpha value is -2.38. The summed E-state index contributed by atoms with van der Waals surface area (Å²) in [7, 11) is -1.60. The minimum absolute atomic E-state index is 0.205. The summed E-state index contributed by atoms with van der Waals surface area (Å²) < 4.78 is 40.7. The molecule has 1 aromatic heterocycles. The highest BCUT2D eigenvalue weighted by Gasteiger charge is 2.23. The number of aromatic nitrogens is 1. The summed E-state index contributed by atoms with van der Waals surface area (Å²) in [6.07, 6.45) is 3.80. The third kappa shape index (κ3) is 4.02. The average molecular weight is 416 g/mol. The number of nitrogens with zero attached hydrogens (tertiary/aromatic N) is 2. The van der Waals surface area contributed by atoms with Gasteiger partial charge in [0.05, 0.1) is 10.4 Å². The fourth-order valence-electron chi connectivity index (χ4n) is 4.04. The maximum absolute atomic E-state index is 13.4. The highest BCUT2D eigenvalue weighted by molar-refractivity contribution is 7.90. The number of hydrogen-bond acceptors (Lipinski definition) is 4. The van der Waals surface area contributed by atoms with E-state index in [0.29, 0.717) is 22.9 Å². The van der Waals surface area contributed by atoms with E-state index in [4.69, 9.17) is 0 Å². The normalized spacial score (nSPS) is 17.5. The number of halogens is 1. The second-order valence-electron chi connectivity index (χ2n) is 7.92. The molecule has 1 fully saturated rings. The van der Waals surface area contributed by atoms with Crippen molar-refractivity contribution < 1.29 is 12.8 Å². The van der Waals surface area contributed by atoms with E-state index >= 15 is 0 Å². The molecule has 0 bridgehead atoms. The van der Waals surface area contributed by atoms with Crippen LogP contribution >= 0.6 is 0 Å². The molecule has 29 heavy (non-hydrogen) atoms. The van der Waals surface area contributed by atoms with E-state index in [9.17, 15) is 12.8 Å². The van der Waals surface area contributed by atoms with E-state index in [0.717, 1.165) is 18.8 Å². The fraction of sp³-hybridized carbons (Fsp3) is 0.364. The largest absolute Gasteiger partial charge is 0.382 e. The molecule has 7 heteroatoms. The molecule has 2 aromatic carbocycles. The zero-order valence-electron chi connectivity index (χ0n) is 16.7. The lowest BCUT2D eigenvalue weighted by molar-refractivity contribution is 0.208. The van der Waals surface area contributed by atoms with Gasteiger partial charge in [0, 0.05) is 23.3 Å². The Bertz CT molecular complexity index is 1100. The molecular weight excluding hydrogens is 389 g/mol. The standard InChI is InChI=1S/C22H26FN3O2S/c1-16(17-9-12-25(2)13-10-17)24-20-4-6-21(7-5-20)29(27,28)26-14-11-18-15-19(23)3-8-22(18)26/h3-8,11,14-17,24H,9-10,12-13H2,1-2H3. The first-order valence-corrected chi connectivity index (χ1v) is 11.4. The third-order valence-corrected chi connectivity index (χ3v) is 7.60. The Balaban J connectivity index is 1.52. The molecule has 0 aliphatic carbocycles. The first-order valence-electron chi connectivity index (χ1n) is 9.92. The average Bonchev–Trinajstić information content (AvgIpc) is 3.12. The smallest absolute Gasteiger partial charge is 0.268 e. The van der Waals surface area contributed by atoms with Crippen molar-refractivity contribution in [2.75, 3.05) is 25.5 Å². The second-order valence-corrected chi connectivity index (χ2v) is 9.73. The second kappa shape index (κ2) is 7.80. The van der Waals surface area contributed by atoms with Gasteiger partial charge in [-0.05, 0) is 94.4 Å². The van der Waals surface area contributed by atoms with E-state index in [1.807, 2.05) is 12.1 Å². The molecule has 0 radical (unpaired) electrons. The summed E-state index contributed by atoms with van der Waals surface area (Å²) in [6, 6.07) is 12.9. The fourth-order valence-corrected chi connectivity index (χ4v) is 5.40. The van der Waals surface area contributed by atoms with E-state index in [1.165, 1.54) is 41.2 Å². The zero-order chi connectivity index (χ0) is 20.6. The number of nitrogens with one attached hydrogen (secondary N) is 1. The van der Waals surface area contributed by atoms with Crippen molar-refractivity contribution >= 4 is 26.6 Å². The molecule has 3 aromatic rings. The summed E-state index contributed by atoms with van der Waals surface area (Å²) in [5, 5.41) is 4.07. The van der Waals surface area contributed by atoms with Crippen LogP contribution in [0.3, 0.4) is 0 Å². The van der Waals surface area contributed by atoms with Crippen molar-refractivity contribution in [2.45, 2.75) is 30.7 Å². The molecule has 1 unspecified atom stereocenters. The van der Waals surface area contributed by atoms with E-state index in [-0.39, 0.29) is 10.7 Å². The van der Waals surface area contributed by atoms with Crippen LogP contribution in [0.1, 0.15) is 19.8 Å². The van der Waals surface area contributed by atoms with Crippen molar-refractivity contribution in [1.82, 2.24) is 8.87 Å². The third-order valence-electron chi connectivity index (χ3n) is 5.89. The molecule has 4 rings (SSSR count). The lowest BCUT2D eigenvalue weighted by Gasteiger charge is -2.33. The lowest BCUT2D eigenvalue weighted by Crippen LogP contribution is -2.37. The molecule has 154 valence electrons. The molecule has 1 N–H and O–H groups in total. The number of benzene rings is 2. The van der Waals surface area contributed by atoms with Crippen molar-refractivity contribution in [1.29, 1.82) is 0 Å². The van der Waals surface area contributed by atoms with Crippen molar-refractivity contribution in [3.8, 4) is 0 Å². The van der Waals surface area contributed by atoms with Crippen LogP contribution in [0.25, 0.3) is 10.9 Å². The van der Waals surface area contributed by atoms with Crippen LogP contribution in [-0.2, 0) is 10.0 Å². The quantitative estimate of drug-likeness (QED) is 0.680. The summed E-state index contributed by atoms with van der Waals surface area (Å²) in [5.41, 5.74) is 1.37. The molecule has 1 atom stereocenters. The van der Waals surface area contributed by atoms with Gasteiger partial charge in [-0.2, -0.15) is 0 Å². The highest BCUT2D eigenvalue weighted by atomic mass is 32.2. The van der Waals surface area contributed by atoms with Crippen LogP contribution in [0.2, 0.25) is 0 Å². The molecule has 1 aliphatic rings. The van der Waals surface area contributed by atoms with Gasteiger partial charge in [0.15, 0.2) is 0 Å². The number of anilines is 1. The van der Waals surface area contributed by atoms with Crippen LogP contribution in [0.4, 0.5) is 10.1 Å². The van der Waals surface area contributed by atoms with Gasteiger partial charge in [-0.3, -0.25) is 0 Å². The van der Waals surface area contributed by atoms with Crippen LogP contribution < -0.4 is 5.32 Å². The van der Waals surface area contributed by atoms with E-state index in [1.54, 1.807) is 18.2 Å². The number of rotatable bonds is 5. The number of hydrogen-bond donors (Lipinski definition) is 1. The molecule has 1 aliphatic heterocycles. The van der Waals surface area contributed by atoms with Gasteiger partial charge in [-0.15, -0.1) is 0 Å². The maximum Gasteiger partial charge on any atom is 0.268 e. The molecule has 0 amide bonds. The first-order chi connectivity index (χ1) is 13.8. The highest BCUT2D eigenvalue weighted by Crippen LogP contribution is 2.26. The molecular formula is C22H26FN3O2S. The minimum atomic E-state index is -3.75. The predicted molar refractivity (Wildman–Crippen MR) is 114 cm³/mol. The number of likely N-dealkylation sites (tertiary alicyclic amines) is 1. The SMILES string of the molecule is CC(Nc1ccc(S(=O)(=O)n2ccc3cc(F)ccc32)cc1)C1CCN(C)CC1. The Morgan fingerprint density at radius 2 is 1.76 bits per heavy atom. The number of fused-ring (bicyclic) bond motifs is 1. The Labute approximate surface area is 171 Å². The van der Waals surface area contributed by atoms with Gasteiger partial charge >= 0.3 is 0 Å². The Kier molecular flexibility index (Phi) is 5.36. The summed E-state index contributed by atoms with van der Waals surface area (Å²) in [5.74, 6) is 0.225. The zero-order valence-corrected chi connectivity index (χ0v) is 17.5. The van der Waals surface area contributed by atoms with Crippen LogP contribution in [-0.4, -0.2) is 43.5 Å². The van der Waals surface area contributed by atoms with Gasteiger partial charge in [0.2, 0.25) is 0 Å². The van der Waals surface area contributed by atoms with Gasteiger partial charge in [0.1, 0.15) is 5.82 Å². The molecule has 1 saturated heterocycles. The topological polar surface area (TPSA) is 54.3 Å². The van der Waals surface area contributed by atoms with Gasteiger partial charge in [0.25, 0.3) is 10.0 Å². The van der Waals surface area contributed by atoms with Crippen LogP contribution in [0.15, 0.2) is 59.6 Å². The molecule has 0 spiro atoms. The minimum Gasteiger partial charge on any atom is -0.382 e. The van der Waals surface area contributed by atoms with E-state index in [2.05, 4.69) is 24.2 Å². The molecule has 2 heterocycles. The van der Waals surface area contributed by atoms with Crippen LogP contribution in [0.5, 0.6) is 0 Å². The summed E-state index contributed by atoms with van der Waals surface area (Å²) in [6.45, 7) is 4.41. The first kappa shape index (κ1) is 19.9. The maximum atomic E-state index is 13.4. The van der Waals surface area contributed by atoms with Gasteiger partial charge in [-0.25, -0.2) is 16.8 Å². The molecule has 0 saturated carbocycles. The number of piperidine rings is 1. The monoisotopic (exact) mass is 415 g/mol. The van der Waals surface area contributed by atoms with Crippen LogP contribution in [0, 0.1) is 11.7 Å². The van der Waals surface area contributed by atoms with Crippen molar-refractivity contribution in [2.24, 2.45) is 5.92 Å². The lowest BCUT2D eigenvalue weighted by atomic mass is 9.90. The summed E-state index contributed by atoms with van der Waals surface area (Å²) in [4.78, 5) is 2.55.